The molecule has 2 aromatic rings. The van der Waals surface area contributed by atoms with Crippen LogP contribution in [0.1, 0.15) is 48.7 Å². The third kappa shape index (κ3) is 8.44. The molecule has 4 heterocycles. The summed E-state index contributed by atoms with van der Waals surface area (Å²) in [5.74, 6) is 9.04. The van der Waals surface area contributed by atoms with Gasteiger partial charge in [-0.05, 0) is 63.4 Å². The highest BCUT2D eigenvalue weighted by Crippen LogP contribution is 2.45. The smallest absolute Gasteiger partial charge is 0.341 e. The number of phenolic OH excluding ortho intramolecular Hbond substituents is 1. The Labute approximate surface area is 356 Å². The van der Waals surface area contributed by atoms with Crippen LogP contribution in [0.25, 0.3) is 0 Å². The van der Waals surface area contributed by atoms with Crippen LogP contribution in [-0.4, -0.2) is 114 Å². The van der Waals surface area contributed by atoms with Crippen LogP contribution < -0.4 is 25.3 Å². The SMILES string of the molecule is C=C1Oc2cc(OC)cc(C(=O)OC3COC(=O)C[C@H](N)c4cc(O)c(c(Cl)c4)O[C@@H]4C#C/C=C/3C#CCC3=CC=CC34OC3OC(C)(C)[C@@H](N(C)C)[C@@H](O)[C@H]3O)c2NC1=O. The number of esters is 2. The van der Waals surface area contributed by atoms with Crippen molar-refractivity contribution >= 4 is 35.1 Å². The molecule has 0 radical (unpaired) electrons. The number of fused-ring (bicyclic) bond motifs is 9. The minimum atomic E-state index is -1.67. The number of nitrogens with two attached hydrogens (primary N) is 1. The van der Waals surface area contributed by atoms with Gasteiger partial charge in [-0.25, -0.2) is 4.79 Å². The molecule has 16 nitrogen and oxygen atoms in total. The number of nitrogens with one attached hydrogen (secondary N) is 1. The van der Waals surface area contributed by atoms with E-state index < -0.39 is 84.2 Å². The van der Waals surface area contributed by atoms with E-state index >= 15 is 0 Å². The van der Waals surface area contributed by atoms with Crippen molar-refractivity contribution in [2.45, 2.75) is 80.7 Å². The largest absolute Gasteiger partial charge is 0.504 e. The summed E-state index contributed by atoms with van der Waals surface area (Å²) < 4.78 is 42.1. The Morgan fingerprint density at radius 3 is 2.64 bits per heavy atom. The molecule has 0 aromatic heterocycles. The molecule has 6 N–H and O–H groups in total. The van der Waals surface area contributed by atoms with Crippen LogP contribution in [0.4, 0.5) is 5.69 Å². The van der Waals surface area contributed by atoms with Gasteiger partial charge in [0.15, 0.2) is 47.1 Å². The molecule has 0 spiro atoms. The molecule has 2 aliphatic carbocycles. The van der Waals surface area contributed by atoms with Crippen molar-refractivity contribution in [1.29, 1.82) is 0 Å². The van der Waals surface area contributed by atoms with Crippen molar-refractivity contribution in [1.82, 2.24) is 4.90 Å². The van der Waals surface area contributed by atoms with Crippen molar-refractivity contribution in [3.05, 3.63) is 88.2 Å². The lowest BCUT2D eigenvalue weighted by Crippen LogP contribution is -2.68. The van der Waals surface area contributed by atoms with Gasteiger partial charge in [0.1, 0.15) is 24.6 Å². The summed E-state index contributed by atoms with van der Waals surface area (Å²) in [4.78, 5) is 41.6. The minimum absolute atomic E-state index is 0.00464. The number of methoxy groups -OCH3 is 1. The van der Waals surface area contributed by atoms with Gasteiger partial charge < -0.3 is 64.4 Å². The number of hydrogen-bond acceptors (Lipinski definition) is 15. The third-order valence-corrected chi connectivity index (χ3v) is 11.1. The Morgan fingerprint density at radius 1 is 1.15 bits per heavy atom. The monoisotopic (exact) mass is 857 g/mol. The number of nitrogens with zero attached hydrogens (tertiary/aromatic N) is 1. The number of hydrogen-bond donors (Lipinski definition) is 5. The Hall–Kier alpha value is -5.82. The normalized spacial score (nSPS) is 29.8. The average Bonchev–Trinajstić information content (AvgIpc) is 3.60. The molecule has 61 heavy (non-hydrogen) atoms. The molecule has 2 aromatic carbocycles. The number of aliphatic hydroxyl groups is 2. The molecular formula is C44H44ClN3O13. The van der Waals surface area contributed by atoms with Gasteiger partial charge in [0.25, 0.3) is 5.91 Å². The number of phenols is 1. The summed E-state index contributed by atoms with van der Waals surface area (Å²) in [6, 6.07) is 3.89. The first-order valence-electron chi connectivity index (χ1n) is 19.1. The molecule has 3 unspecified atom stereocenters. The molecule has 4 aliphatic heterocycles. The number of likely N-dealkylation sites (N-methyl/N-ethyl adjacent to an activating group) is 1. The fourth-order valence-electron chi connectivity index (χ4n) is 7.85. The number of allylic oxidation sites excluding steroid dienone is 3. The van der Waals surface area contributed by atoms with E-state index in [4.69, 9.17) is 50.5 Å². The van der Waals surface area contributed by atoms with Crippen molar-refractivity contribution in [2.75, 3.05) is 33.1 Å². The van der Waals surface area contributed by atoms with Gasteiger partial charge in [-0.2, -0.15) is 0 Å². The van der Waals surface area contributed by atoms with Crippen LogP contribution in [-0.2, 0) is 28.5 Å². The number of aromatic hydroxyl groups is 1. The summed E-state index contributed by atoms with van der Waals surface area (Å²) in [7, 11) is 4.90. The summed E-state index contributed by atoms with van der Waals surface area (Å²) >= 11 is 6.73. The molecule has 8 rings (SSSR count). The molecular weight excluding hydrogens is 814 g/mol. The van der Waals surface area contributed by atoms with E-state index in [0.717, 1.165) is 0 Å². The van der Waals surface area contributed by atoms with Crippen LogP contribution in [0.15, 0.2) is 72.1 Å². The predicted octanol–water partition coefficient (Wildman–Crippen LogP) is 3.19. The second-order valence-corrected chi connectivity index (χ2v) is 16.0. The highest BCUT2D eigenvalue weighted by atomic mass is 35.5. The molecule has 320 valence electrons. The van der Waals surface area contributed by atoms with Crippen LogP contribution in [0, 0.1) is 23.7 Å². The van der Waals surface area contributed by atoms with Crippen molar-refractivity contribution in [2.24, 2.45) is 5.73 Å². The number of aliphatic hydroxyl groups excluding tert-OH is 2. The van der Waals surface area contributed by atoms with Gasteiger partial charge >= 0.3 is 11.9 Å². The molecule has 6 aliphatic rings. The number of anilines is 1. The van der Waals surface area contributed by atoms with Gasteiger partial charge in [-0.3, -0.25) is 9.59 Å². The maximum atomic E-state index is 14.1. The molecule has 1 amide bonds. The summed E-state index contributed by atoms with van der Waals surface area (Å²) in [6.45, 7) is 6.57. The molecule has 17 heteroatoms. The Morgan fingerprint density at radius 2 is 1.92 bits per heavy atom. The van der Waals surface area contributed by atoms with E-state index in [1.54, 1.807) is 51.1 Å². The Balaban J connectivity index is 1.33. The number of carbonyl (C=O) groups excluding carboxylic acids is 3. The van der Waals surface area contributed by atoms with Gasteiger partial charge in [0.05, 0.1) is 47.0 Å². The maximum Gasteiger partial charge on any atom is 0.341 e. The first-order valence-corrected chi connectivity index (χ1v) is 19.5. The Kier molecular flexibility index (Phi) is 12.0. The summed E-state index contributed by atoms with van der Waals surface area (Å²) in [5, 5.41) is 36.7. The third-order valence-electron chi connectivity index (χ3n) is 10.8. The lowest BCUT2D eigenvalue weighted by atomic mass is 9.85. The molecule has 8 atom stereocenters. The van der Waals surface area contributed by atoms with E-state index in [9.17, 15) is 29.7 Å². The topological polar surface area (TPSA) is 218 Å². The van der Waals surface area contributed by atoms with Gasteiger partial charge in [0, 0.05) is 24.6 Å². The highest BCUT2D eigenvalue weighted by Gasteiger charge is 2.55. The molecule has 4 bridgehead atoms. The van der Waals surface area contributed by atoms with Crippen molar-refractivity contribution < 1.29 is 62.9 Å². The van der Waals surface area contributed by atoms with E-state index in [1.165, 1.54) is 37.5 Å². The first kappa shape index (κ1) is 43.3. The highest BCUT2D eigenvalue weighted by molar-refractivity contribution is 6.32. The molecule has 0 saturated carbocycles. The predicted molar refractivity (Wildman–Crippen MR) is 218 cm³/mol. The number of benzene rings is 2. The van der Waals surface area contributed by atoms with Crippen LogP contribution in [0.5, 0.6) is 23.0 Å². The van der Waals surface area contributed by atoms with Gasteiger partial charge in [-0.15, -0.1) is 0 Å². The van der Waals surface area contributed by atoms with E-state index in [-0.39, 0.29) is 63.3 Å². The van der Waals surface area contributed by atoms with Gasteiger partial charge in [-0.1, -0.05) is 54.0 Å². The zero-order valence-corrected chi connectivity index (χ0v) is 34.6. The zero-order valence-electron chi connectivity index (χ0n) is 33.8. The van der Waals surface area contributed by atoms with Crippen LogP contribution in [0.2, 0.25) is 5.02 Å². The molecule has 1 fully saturated rings. The summed E-state index contributed by atoms with van der Waals surface area (Å²) in [6.07, 6.45) is -1.04. The average molecular weight is 858 g/mol. The van der Waals surface area contributed by atoms with Crippen LogP contribution in [0.3, 0.4) is 0 Å². The number of halogens is 1. The zero-order chi connectivity index (χ0) is 44.0. The summed E-state index contributed by atoms with van der Waals surface area (Å²) in [5.41, 5.74) is 4.38. The van der Waals surface area contributed by atoms with Crippen molar-refractivity contribution in [3.8, 4) is 46.7 Å². The number of amides is 1. The van der Waals surface area contributed by atoms with E-state index in [1.807, 2.05) is 0 Å². The maximum absolute atomic E-state index is 14.1. The van der Waals surface area contributed by atoms with E-state index in [0.29, 0.717) is 5.57 Å². The quantitative estimate of drug-likeness (QED) is 0.160. The molecule has 1 saturated heterocycles. The van der Waals surface area contributed by atoms with Crippen molar-refractivity contribution in [3.63, 3.8) is 0 Å². The first-order chi connectivity index (χ1) is 28.9. The fourth-order valence-corrected chi connectivity index (χ4v) is 8.12. The number of carbonyl (C=O) groups is 3. The lowest BCUT2D eigenvalue weighted by Gasteiger charge is -2.51. The number of ether oxygens (including phenoxy) is 7. The van der Waals surface area contributed by atoms with Crippen LogP contribution >= 0.6 is 11.6 Å². The Bertz CT molecular complexity index is 2380. The lowest BCUT2D eigenvalue weighted by molar-refractivity contribution is -0.330. The van der Waals surface area contributed by atoms with E-state index in [2.05, 4.69) is 35.6 Å². The minimum Gasteiger partial charge on any atom is -0.504 e. The van der Waals surface area contributed by atoms with Gasteiger partial charge in [0.2, 0.25) is 0 Å². The fraction of sp³-hybridized carbons (Fsp3) is 0.386. The second-order valence-electron chi connectivity index (χ2n) is 15.6. The standard InChI is InChI=1S/C44H44ClN3O13/c1-22-40(53)47-35-27(18-26(55-6)19-31(35)57-22)41(54)58-32-21-56-34(50)20-29(46)24-16-28(45)38(30(49)17-24)59-33-14-8-11-23(32)10-7-12-25-13-9-15-44(25,33)61-42-37(52)36(51)39(48(4)5)43(2,3)60-42/h9,11,13,15-19,29,32-33,36-37,39,42,49,51-52H,1,12,20-21,46H2,2-6H3,(H,47,53)/b23-11+/t29-,32?,33+,36-,37+,39-,42?,44?/m0/s1. The number of rotatable bonds is 6. The second kappa shape index (κ2) is 16.9.